The van der Waals surface area contributed by atoms with E-state index in [4.69, 9.17) is 4.74 Å². The van der Waals surface area contributed by atoms with Crippen LogP contribution in [0.1, 0.15) is 43.5 Å². The van der Waals surface area contributed by atoms with E-state index < -0.39 is 0 Å². The van der Waals surface area contributed by atoms with E-state index in [9.17, 15) is 0 Å². The molecule has 0 aliphatic heterocycles. The van der Waals surface area contributed by atoms with Crippen LogP contribution >= 0.6 is 0 Å². The molecule has 0 bridgehead atoms. The molecule has 0 aliphatic rings. The van der Waals surface area contributed by atoms with Crippen molar-refractivity contribution in [3.8, 4) is 0 Å². The van der Waals surface area contributed by atoms with Crippen molar-refractivity contribution >= 4 is 5.82 Å². The summed E-state index contributed by atoms with van der Waals surface area (Å²) in [6, 6.07) is 1.93. The molecule has 0 radical (unpaired) electrons. The van der Waals surface area contributed by atoms with E-state index >= 15 is 0 Å². The molecule has 0 aliphatic carbocycles. The molecule has 1 N–H and O–H groups in total. The molecular weight excluding hydrogens is 278 g/mol. The highest BCUT2D eigenvalue weighted by molar-refractivity contribution is 5.38. The van der Waals surface area contributed by atoms with Crippen LogP contribution in [0.4, 0.5) is 5.82 Å². The van der Waals surface area contributed by atoms with Gasteiger partial charge in [-0.2, -0.15) is 5.10 Å². The van der Waals surface area contributed by atoms with Crippen molar-refractivity contribution in [3.63, 3.8) is 0 Å². The number of aryl methyl sites for hydroxylation is 1. The van der Waals surface area contributed by atoms with Gasteiger partial charge in [-0.05, 0) is 6.92 Å². The van der Waals surface area contributed by atoms with Crippen LogP contribution in [0.3, 0.4) is 0 Å². The van der Waals surface area contributed by atoms with E-state index in [1.165, 1.54) is 0 Å². The standard InChI is InChI=1S/C16H25N5O/c1-11-12(9-18-21(11)5)8-17-14-7-13(10-22-6)19-15(20-14)16(2,3)4/h7,9H,8,10H2,1-6H3,(H,17,19,20). The summed E-state index contributed by atoms with van der Waals surface area (Å²) in [4.78, 5) is 9.21. The van der Waals surface area contributed by atoms with Crippen LogP contribution in [0.15, 0.2) is 12.3 Å². The highest BCUT2D eigenvalue weighted by Gasteiger charge is 2.19. The molecule has 22 heavy (non-hydrogen) atoms. The van der Waals surface area contributed by atoms with Gasteiger partial charge >= 0.3 is 0 Å². The predicted molar refractivity (Wildman–Crippen MR) is 86.7 cm³/mol. The van der Waals surface area contributed by atoms with Gasteiger partial charge in [-0.3, -0.25) is 4.68 Å². The Bertz CT molecular complexity index is 642. The van der Waals surface area contributed by atoms with Gasteiger partial charge in [0.25, 0.3) is 0 Å². The Morgan fingerprint density at radius 3 is 2.55 bits per heavy atom. The SMILES string of the molecule is COCc1cc(NCc2cnn(C)c2C)nc(C(C)(C)C)n1. The molecule has 2 aromatic heterocycles. The second-order valence-corrected chi connectivity index (χ2v) is 6.48. The second-order valence-electron chi connectivity index (χ2n) is 6.48. The number of ether oxygens (including phenoxy) is 1. The van der Waals surface area contributed by atoms with Gasteiger partial charge in [-0.25, -0.2) is 9.97 Å². The van der Waals surface area contributed by atoms with Gasteiger partial charge in [0.2, 0.25) is 0 Å². The van der Waals surface area contributed by atoms with Crippen molar-refractivity contribution in [2.75, 3.05) is 12.4 Å². The minimum atomic E-state index is -0.107. The molecule has 120 valence electrons. The first-order chi connectivity index (χ1) is 10.3. The molecule has 0 saturated carbocycles. The Morgan fingerprint density at radius 1 is 1.27 bits per heavy atom. The van der Waals surface area contributed by atoms with E-state index in [0.29, 0.717) is 13.2 Å². The smallest absolute Gasteiger partial charge is 0.136 e. The third kappa shape index (κ3) is 3.82. The van der Waals surface area contributed by atoms with Crippen molar-refractivity contribution in [1.29, 1.82) is 0 Å². The van der Waals surface area contributed by atoms with Crippen LogP contribution in [-0.4, -0.2) is 26.9 Å². The quantitative estimate of drug-likeness (QED) is 0.919. The van der Waals surface area contributed by atoms with E-state index in [0.717, 1.165) is 28.6 Å². The Morgan fingerprint density at radius 2 is 2.00 bits per heavy atom. The normalized spacial score (nSPS) is 11.7. The van der Waals surface area contributed by atoms with Crippen LogP contribution < -0.4 is 5.32 Å². The molecular formula is C16H25N5O. The lowest BCUT2D eigenvalue weighted by Gasteiger charge is -2.19. The first-order valence-electron chi connectivity index (χ1n) is 7.40. The minimum Gasteiger partial charge on any atom is -0.378 e. The molecule has 2 aromatic rings. The number of anilines is 1. The number of methoxy groups -OCH3 is 1. The van der Waals surface area contributed by atoms with E-state index in [2.05, 4.69) is 48.1 Å². The van der Waals surface area contributed by atoms with Crippen LogP contribution in [0.5, 0.6) is 0 Å². The lowest BCUT2D eigenvalue weighted by atomic mass is 9.95. The summed E-state index contributed by atoms with van der Waals surface area (Å²) < 4.78 is 7.07. The van der Waals surface area contributed by atoms with Crippen LogP contribution in [0.25, 0.3) is 0 Å². The van der Waals surface area contributed by atoms with Crippen molar-refractivity contribution in [3.05, 3.63) is 35.0 Å². The van der Waals surface area contributed by atoms with Gasteiger partial charge in [-0.15, -0.1) is 0 Å². The Kier molecular flexibility index (Phi) is 4.81. The van der Waals surface area contributed by atoms with Gasteiger partial charge < -0.3 is 10.1 Å². The van der Waals surface area contributed by atoms with Crippen LogP contribution in [-0.2, 0) is 30.4 Å². The second kappa shape index (κ2) is 6.44. The molecule has 0 saturated heterocycles. The third-order valence-corrected chi connectivity index (χ3v) is 3.54. The summed E-state index contributed by atoms with van der Waals surface area (Å²) >= 11 is 0. The fourth-order valence-corrected chi connectivity index (χ4v) is 2.05. The minimum absolute atomic E-state index is 0.107. The maximum atomic E-state index is 5.20. The molecule has 2 rings (SSSR count). The number of aromatic nitrogens is 4. The van der Waals surface area contributed by atoms with Gasteiger partial charge in [0.1, 0.15) is 11.6 Å². The molecule has 0 unspecified atom stereocenters. The molecule has 0 aromatic carbocycles. The van der Waals surface area contributed by atoms with Gasteiger partial charge in [-0.1, -0.05) is 20.8 Å². The third-order valence-electron chi connectivity index (χ3n) is 3.54. The highest BCUT2D eigenvalue weighted by Crippen LogP contribution is 2.21. The zero-order valence-corrected chi connectivity index (χ0v) is 14.3. The molecule has 0 spiro atoms. The molecule has 6 heteroatoms. The molecule has 0 amide bonds. The van der Waals surface area contributed by atoms with Crippen LogP contribution in [0.2, 0.25) is 0 Å². The summed E-state index contributed by atoms with van der Waals surface area (Å²) in [5, 5.41) is 7.62. The van der Waals surface area contributed by atoms with Crippen LogP contribution in [0, 0.1) is 6.92 Å². The predicted octanol–water partition coefficient (Wildman–Crippen LogP) is 2.57. The number of hydrogen-bond acceptors (Lipinski definition) is 5. The zero-order chi connectivity index (χ0) is 16.3. The van der Waals surface area contributed by atoms with Gasteiger partial charge in [0.05, 0.1) is 18.5 Å². The first kappa shape index (κ1) is 16.4. The number of rotatable bonds is 5. The monoisotopic (exact) mass is 303 g/mol. The lowest BCUT2D eigenvalue weighted by Crippen LogP contribution is -2.18. The Labute approximate surface area is 131 Å². The van der Waals surface area contributed by atoms with E-state index in [1.54, 1.807) is 7.11 Å². The average molecular weight is 303 g/mol. The van der Waals surface area contributed by atoms with Crippen molar-refractivity contribution in [2.24, 2.45) is 7.05 Å². The fourth-order valence-electron chi connectivity index (χ4n) is 2.05. The average Bonchev–Trinajstić information content (AvgIpc) is 2.76. The number of nitrogens with zero attached hydrogens (tertiary/aromatic N) is 4. The summed E-state index contributed by atoms with van der Waals surface area (Å²) in [6.07, 6.45) is 1.88. The first-order valence-corrected chi connectivity index (χ1v) is 7.40. The summed E-state index contributed by atoms with van der Waals surface area (Å²) in [7, 11) is 3.61. The molecule has 0 atom stereocenters. The van der Waals surface area contributed by atoms with Gasteiger partial charge in [0, 0.05) is 43.4 Å². The Balaban J connectivity index is 2.22. The van der Waals surface area contributed by atoms with Crippen molar-refractivity contribution < 1.29 is 4.74 Å². The molecule has 2 heterocycles. The summed E-state index contributed by atoms with van der Waals surface area (Å²) in [5.74, 6) is 1.63. The van der Waals surface area contributed by atoms with E-state index in [1.807, 2.05) is 24.0 Å². The fraction of sp³-hybridized carbons (Fsp3) is 0.562. The number of nitrogens with one attached hydrogen (secondary N) is 1. The summed E-state index contributed by atoms with van der Waals surface area (Å²) in [6.45, 7) is 9.54. The lowest BCUT2D eigenvalue weighted by molar-refractivity contribution is 0.181. The zero-order valence-electron chi connectivity index (χ0n) is 14.3. The molecule has 6 nitrogen and oxygen atoms in total. The van der Waals surface area contributed by atoms with Gasteiger partial charge in [0.15, 0.2) is 0 Å². The maximum absolute atomic E-state index is 5.20. The van der Waals surface area contributed by atoms with E-state index in [-0.39, 0.29) is 5.41 Å². The molecule has 0 fully saturated rings. The maximum Gasteiger partial charge on any atom is 0.136 e. The largest absolute Gasteiger partial charge is 0.378 e. The topological polar surface area (TPSA) is 64.9 Å². The van der Waals surface area contributed by atoms with Crippen molar-refractivity contribution in [1.82, 2.24) is 19.7 Å². The summed E-state index contributed by atoms with van der Waals surface area (Å²) in [5.41, 5.74) is 3.08. The Hall–Kier alpha value is -1.95. The highest BCUT2D eigenvalue weighted by atomic mass is 16.5. The number of hydrogen-bond donors (Lipinski definition) is 1. The van der Waals surface area contributed by atoms with Crippen molar-refractivity contribution in [2.45, 2.75) is 46.3 Å².